The van der Waals surface area contributed by atoms with E-state index in [-0.39, 0.29) is 5.57 Å². The molecule has 34 heavy (non-hydrogen) atoms. The Balaban J connectivity index is 1.69. The molecule has 168 valence electrons. The molecule has 0 aromatic heterocycles. The lowest BCUT2D eigenvalue weighted by molar-refractivity contribution is -0.112. The van der Waals surface area contributed by atoms with Gasteiger partial charge < -0.3 is 10.1 Å². The number of carbonyl (C=O) groups is 1. The number of carbonyl (C=O) groups excluding carboxylic acids is 1. The van der Waals surface area contributed by atoms with E-state index in [1.54, 1.807) is 0 Å². The SMILES string of the molecule is Cc1ccc(COc2ccc3ccccc3c2/C=C(\C#N)C(=O)Nc2ccc(F)cc2)cc1C. The summed E-state index contributed by atoms with van der Waals surface area (Å²) in [5.41, 5.74) is 4.38. The molecular weight excluding hydrogens is 427 g/mol. The molecule has 4 rings (SSSR count). The van der Waals surface area contributed by atoms with Crippen molar-refractivity contribution in [2.75, 3.05) is 5.32 Å². The highest BCUT2D eigenvalue weighted by Gasteiger charge is 2.14. The van der Waals surface area contributed by atoms with E-state index in [1.807, 2.05) is 48.5 Å². The van der Waals surface area contributed by atoms with Crippen LogP contribution < -0.4 is 10.1 Å². The predicted molar refractivity (Wildman–Crippen MR) is 133 cm³/mol. The molecule has 0 saturated carbocycles. The van der Waals surface area contributed by atoms with Crippen molar-refractivity contribution >= 4 is 28.4 Å². The summed E-state index contributed by atoms with van der Waals surface area (Å²) in [5.74, 6) is -0.420. The molecule has 4 nitrogen and oxygen atoms in total. The van der Waals surface area contributed by atoms with Gasteiger partial charge >= 0.3 is 0 Å². The normalized spacial score (nSPS) is 11.2. The quantitative estimate of drug-likeness (QED) is 0.262. The Morgan fingerprint density at radius 2 is 1.76 bits per heavy atom. The number of anilines is 1. The minimum Gasteiger partial charge on any atom is -0.488 e. The van der Waals surface area contributed by atoms with Crippen LogP contribution in [0.2, 0.25) is 0 Å². The average Bonchev–Trinajstić information content (AvgIpc) is 2.85. The van der Waals surface area contributed by atoms with Crippen LogP contribution >= 0.6 is 0 Å². The van der Waals surface area contributed by atoms with E-state index in [0.29, 0.717) is 23.6 Å². The standard InChI is InChI=1S/C29H23FN2O2/c1-19-7-8-21(15-20(19)2)18-34-28-14-9-22-5-3-4-6-26(22)27(28)16-23(17-31)29(33)32-25-12-10-24(30)11-13-25/h3-16H,18H2,1-2H3,(H,32,33)/b23-16+. The Morgan fingerprint density at radius 1 is 1.00 bits per heavy atom. The van der Waals surface area contributed by atoms with Gasteiger partial charge in [-0.15, -0.1) is 0 Å². The molecule has 0 bridgehead atoms. The van der Waals surface area contributed by atoms with Gasteiger partial charge in [-0.25, -0.2) is 4.39 Å². The Hall–Kier alpha value is -4.43. The van der Waals surface area contributed by atoms with Crippen molar-refractivity contribution in [1.82, 2.24) is 0 Å². The van der Waals surface area contributed by atoms with E-state index in [1.165, 1.54) is 41.5 Å². The van der Waals surface area contributed by atoms with Crippen LogP contribution in [0, 0.1) is 31.0 Å². The maximum atomic E-state index is 13.2. The van der Waals surface area contributed by atoms with Crippen molar-refractivity contribution in [1.29, 1.82) is 5.26 Å². The van der Waals surface area contributed by atoms with Gasteiger partial charge in [-0.1, -0.05) is 48.5 Å². The summed E-state index contributed by atoms with van der Waals surface area (Å²) >= 11 is 0. The number of hydrogen-bond acceptors (Lipinski definition) is 3. The number of benzene rings is 4. The van der Waals surface area contributed by atoms with Crippen LogP contribution in [0.1, 0.15) is 22.3 Å². The maximum absolute atomic E-state index is 13.2. The number of nitrogens with zero attached hydrogens (tertiary/aromatic N) is 1. The van der Waals surface area contributed by atoms with E-state index in [2.05, 4.69) is 31.3 Å². The zero-order valence-electron chi connectivity index (χ0n) is 18.9. The van der Waals surface area contributed by atoms with Gasteiger partial charge in [-0.3, -0.25) is 4.79 Å². The van der Waals surface area contributed by atoms with Gasteiger partial charge in [0.25, 0.3) is 5.91 Å². The Bertz CT molecular complexity index is 1430. The third kappa shape index (κ3) is 5.13. The summed E-state index contributed by atoms with van der Waals surface area (Å²) < 4.78 is 19.3. The van der Waals surface area contributed by atoms with Gasteiger partial charge in [0.15, 0.2) is 0 Å². The molecule has 1 amide bonds. The zero-order chi connectivity index (χ0) is 24.1. The molecule has 0 saturated heterocycles. The van der Waals surface area contributed by atoms with Gasteiger partial charge in [0.1, 0.15) is 29.8 Å². The van der Waals surface area contributed by atoms with Crippen LogP contribution in [0.3, 0.4) is 0 Å². The van der Waals surface area contributed by atoms with Crippen LogP contribution in [0.5, 0.6) is 5.75 Å². The topological polar surface area (TPSA) is 62.1 Å². The number of fused-ring (bicyclic) bond motifs is 1. The van der Waals surface area contributed by atoms with Crippen LogP contribution in [0.15, 0.2) is 84.4 Å². The number of hydrogen-bond donors (Lipinski definition) is 1. The van der Waals surface area contributed by atoms with E-state index < -0.39 is 11.7 Å². The molecular formula is C29H23FN2O2. The molecule has 4 aromatic rings. The van der Waals surface area contributed by atoms with Crippen molar-refractivity contribution in [2.45, 2.75) is 20.5 Å². The largest absolute Gasteiger partial charge is 0.488 e. The first kappa shape index (κ1) is 22.8. The fourth-order valence-electron chi connectivity index (χ4n) is 3.63. The summed E-state index contributed by atoms with van der Waals surface area (Å²) in [6.07, 6.45) is 1.54. The van der Waals surface area contributed by atoms with Crippen molar-refractivity contribution < 1.29 is 13.9 Å². The highest BCUT2D eigenvalue weighted by Crippen LogP contribution is 2.31. The third-order valence-corrected chi connectivity index (χ3v) is 5.65. The molecule has 0 atom stereocenters. The van der Waals surface area contributed by atoms with E-state index >= 15 is 0 Å². The summed E-state index contributed by atoms with van der Waals surface area (Å²) in [5, 5.41) is 14.2. The Morgan fingerprint density at radius 3 is 2.50 bits per heavy atom. The van der Waals surface area contributed by atoms with Crippen molar-refractivity contribution in [2.24, 2.45) is 0 Å². The molecule has 0 unspecified atom stereocenters. The number of amides is 1. The summed E-state index contributed by atoms with van der Waals surface area (Å²) in [7, 11) is 0. The summed E-state index contributed by atoms with van der Waals surface area (Å²) in [4.78, 5) is 12.8. The van der Waals surface area contributed by atoms with Crippen LogP contribution in [-0.2, 0) is 11.4 Å². The van der Waals surface area contributed by atoms with Gasteiger partial charge in [-0.2, -0.15) is 5.26 Å². The second-order valence-electron chi connectivity index (χ2n) is 8.04. The van der Waals surface area contributed by atoms with E-state index in [4.69, 9.17) is 4.74 Å². The van der Waals surface area contributed by atoms with Gasteiger partial charge in [0.2, 0.25) is 0 Å². The lowest BCUT2D eigenvalue weighted by Crippen LogP contribution is -2.13. The van der Waals surface area contributed by atoms with E-state index in [0.717, 1.165) is 16.3 Å². The molecule has 4 aromatic carbocycles. The van der Waals surface area contributed by atoms with Crippen molar-refractivity contribution in [3.63, 3.8) is 0 Å². The van der Waals surface area contributed by atoms with E-state index in [9.17, 15) is 14.4 Å². The smallest absolute Gasteiger partial charge is 0.266 e. The van der Waals surface area contributed by atoms with Crippen molar-refractivity contribution in [3.8, 4) is 11.8 Å². The molecule has 0 heterocycles. The Kier molecular flexibility index (Phi) is 6.70. The lowest BCUT2D eigenvalue weighted by Gasteiger charge is -2.13. The zero-order valence-corrected chi connectivity index (χ0v) is 18.9. The molecule has 5 heteroatoms. The second-order valence-corrected chi connectivity index (χ2v) is 8.04. The number of nitrogens with one attached hydrogen (secondary N) is 1. The monoisotopic (exact) mass is 450 g/mol. The number of aryl methyl sites for hydroxylation is 2. The highest BCUT2D eigenvalue weighted by molar-refractivity contribution is 6.11. The fraction of sp³-hybridized carbons (Fsp3) is 0.103. The number of halogens is 1. The van der Waals surface area contributed by atoms with Gasteiger partial charge in [0.05, 0.1) is 0 Å². The van der Waals surface area contributed by atoms with Crippen molar-refractivity contribution in [3.05, 3.63) is 113 Å². The summed E-state index contributed by atoms with van der Waals surface area (Å²) in [6, 6.07) is 25.0. The van der Waals surface area contributed by atoms with Gasteiger partial charge in [-0.05, 0) is 77.7 Å². The first-order valence-corrected chi connectivity index (χ1v) is 10.8. The lowest BCUT2D eigenvalue weighted by atomic mass is 10.0. The average molecular weight is 451 g/mol. The molecule has 1 N–H and O–H groups in total. The van der Waals surface area contributed by atoms with Crippen LogP contribution in [0.4, 0.5) is 10.1 Å². The third-order valence-electron chi connectivity index (χ3n) is 5.65. The molecule has 0 aliphatic carbocycles. The first-order valence-electron chi connectivity index (χ1n) is 10.8. The minimum atomic E-state index is -0.581. The molecule has 0 spiro atoms. The van der Waals surface area contributed by atoms with Gasteiger partial charge in [0, 0.05) is 11.3 Å². The maximum Gasteiger partial charge on any atom is 0.266 e. The molecule has 0 radical (unpaired) electrons. The second kappa shape index (κ2) is 10.0. The number of nitriles is 1. The molecule has 0 aliphatic rings. The first-order chi connectivity index (χ1) is 16.4. The highest BCUT2D eigenvalue weighted by atomic mass is 19.1. The molecule has 0 aliphatic heterocycles. The summed E-state index contributed by atoms with van der Waals surface area (Å²) in [6.45, 7) is 4.47. The number of ether oxygens (including phenoxy) is 1. The fourth-order valence-corrected chi connectivity index (χ4v) is 3.63. The Labute approximate surface area is 197 Å². The number of rotatable bonds is 6. The molecule has 0 fully saturated rings. The predicted octanol–water partition coefficient (Wildman–Crippen LogP) is 6.72. The minimum absolute atomic E-state index is 0.0864. The van der Waals surface area contributed by atoms with Crippen LogP contribution in [-0.4, -0.2) is 5.91 Å². The van der Waals surface area contributed by atoms with Crippen LogP contribution in [0.25, 0.3) is 16.8 Å².